The number of furan rings is 1. The molecule has 1 atom stereocenters. The van der Waals surface area contributed by atoms with Gasteiger partial charge in [-0.15, -0.1) is 0 Å². The molecule has 5 rings (SSSR count). The van der Waals surface area contributed by atoms with E-state index in [1.807, 2.05) is 6.92 Å². The summed E-state index contributed by atoms with van der Waals surface area (Å²) in [6.07, 6.45) is 3.47. The SMILES string of the molecule is Cc1ccc(O)c(C)c1-n1c(N)c(C(N)=O)c2c3occc3c(O[C@@H]3CCCN(C)C3)nc21. The van der Waals surface area contributed by atoms with E-state index < -0.39 is 5.91 Å². The largest absolute Gasteiger partial charge is 0.508 e. The fraction of sp³-hybridized carbons (Fsp3) is 0.333. The highest BCUT2D eigenvalue weighted by molar-refractivity contribution is 6.19. The van der Waals surface area contributed by atoms with E-state index in [0.29, 0.717) is 39.1 Å². The van der Waals surface area contributed by atoms with E-state index in [1.54, 1.807) is 29.7 Å². The number of aryl methyl sites for hydroxylation is 1. The van der Waals surface area contributed by atoms with Gasteiger partial charge in [0, 0.05) is 12.1 Å². The Bertz CT molecular complexity index is 1400. The van der Waals surface area contributed by atoms with E-state index in [1.165, 1.54) is 6.26 Å². The summed E-state index contributed by atoms with van der Waals surface area (Å²) in [5.41, 5.74) is 15.3. The van der Waals surface area contributed by atoms with Gasteiger partial charge in [-0.3, -0.25) is 9.36 Å². The van der Waals surface area contributed by atoms with Gasteiger partial charge in [-0.25, -0.2) is 0 Å². The number of nitrogens with zero attached hydrogens (tertiary/aromatic N) is 3. The lowest BCUT2D eigenvalue weighted by Crippen LogP contribution is -2.38. The zero-order chi connectivity index (χ0) is 23.4. The molecule has 1 fully saturated rings. The minimum Gasteiger partial charge on any atom is -0.508 e. The Morgan fingerprint density at radius 2 is 2.09 bits per heavy atom. The van der Waals surface area contributed by atoms with Gasteiger partial charge >= 0.3 is 0 Å². The highest BCUT2D eigenvalue weighted by Crippen LogP contribution is 2.41. The fourth-order valence-corrected chi connectivity index (χ4v) is 4.83. The quantitative estimate of drug-likeness (QED) is 0.435. The summed E-state index contributed by atoms with van der Waals surface area (Å²) in [5.74, 6) is -0.0297. The van der Waals surface area contributed by atoms with Crippen molar-refractivity contribution in [2.75, 3.05) is 25.9 Å². The van der Waals surface area contributed by atoms with Crippen LogP contribution in [0.2, 0.25) is 0 Å². The number of piperidine rings is 1. The average molecular weight is 450 g/mol. The Kier molecular flexibility index (Phi) is 4.93. The van der Waals surface area contributed by atoms with Gasteiger partial charge in [-0.2, -0.15) is 4.98 Å². The third kappa shape index (κ3) is 3.27. The van der Waals surface area contributed by atoms with E-state index in [2.05, 4.69) is 11.9 Å². The van der Waals surface area contributed by atoms with Gasteiger partial charge < -0.3 is 30.6 Å². The molecular formula is C24H27N5O4. The van der Waals surface area contributed by atoms with Crippen molar-refractivity contribution in [1.29, 1.82) is 0 Å². The number of aromatic nitrogens is 2. The summed E-state index contributed by atoms with van der Waals surface area (Å²) in [5, 5.41) is 11.5. The minimum atomic E-state index is -0.686. The van der Waals surface area contributed by atoms with Crippen LogP contribution < -0.4 is 16.2 Å². The first-order valence-corrected chi connectivity index (χ1v) is 10.9. The van der Waals surface area contributed by atoms with E-state index in [-0.39, 0.29) is 23.2 Å². The number of phenols is 1. The molecule has 0 spiro atoms. The third-order valence-electron chi connectivity index (χ3n) is 6.45. The van der Waals surface area contributed by atoms with E-state index in [9.17, 15) is 9.90 Å². The molecule has 4 heterocycles. The highest BCUT2D eigenvalue weighted by atomic mass is 16.5. The molecule has 0 unspecified atom stereocenters. The van der Waals surface area contributed by atoms with Crippen LogP contribution >= 0.6 is 0 Å². The van der Waals surface area contributed by atoms with Crippen LogP contribution in [0.3, 0.4) is 0 Å². The molecule has 0 bridgehead atoms. The average Bonchev–Trinajstić information content (AvgIpc) is 3.35. The molecule has 3 aromatic heterocycles. The monoisotopic (exact) mass is 449 g/mol. The lowest BCUT2D eigenvalue weighted by atomic mass is 10.1. The molecule has 1 aliphatic heterocycles. The maximum absolute atomic E-state index is 12.5. The van der Waals surface area contributed by atoms with Gasteiger partial charge in [0.15, 0.2) is 11.2 Å². The molecular weight excluding hydrogens is 422 g/mol. The normalized spacial score (nSPS) is 17.1. The number of carbonyl (C=O) groups excluding carboxylic acids is 1. The number of hydrogen-bond acceptors (Lipinski definition) is 7. The van der Waals surface area contributed by atoms with Gasteiger partial charge in [-0.1, -0.05) is 6.07 Å². The number of rotatable bonds is 4. The van der Waals surface area contributed by atoms with E-state index in [0.717, 1.165) is 31.5 Å². The Morgan fingerprint density at radius 3 is 2.82 bits per heavy atom. The molecule has 9 heteroatoms. The van der Waals surface area contributed by atoms with Crippen molar-refractivity contribution >= 4 is 33.7 Å². The van der Waals surface area contributed by atoms with E-state index in [4.69, 9.17) is 25.6 Å². The molecule has 9 nitrogen and oxygen atoms in total. The number of likely N-dealkylation sites (N-methyl/N-ethyl adjacent to an activating group) is 1. The summed E-state index contributed by atoms with van der Waals surface area (Å²) in [6.45, 7) is 5.51. The van der Waals surface area contributed by atoms with Crippen LogP contribution in [0.15, 0.2) is 28.9 Å². The molecule has 33 heavy (non-hydrogen) atoms. The number of anilines is 1. The Balaban J connectivity index is 1.83. The second kappa shape index (κ2) is 7.70. The molecule has 0 saturated carbocycles. The van der Waals surface area contributed by atoms with Gasteiger partial charge in [-0.05, 0) is 58.0 Å². The van der Waals surface area contributed by atoms with Crippen molar-refractivity contribution in [3.05, 3.63) is 41.2 Å². The van der Waals surface area contributed by atoms with Crippen LogP contribution in [-0.4, -0.2) is 51.7 Å². The number of amides is 1. The number of nitrogen functional groups attached to an aromatic ring is 1. The molecule has 0 radical (unpaired) electrons. The standard InChI is InChI=1S/C24H27N5O4/c1-12-6-7-16(30)13(2)19(12)29-21(25)18(22(26)31)17-20-15(8-10-32-20)24(27-23(17)29)33-14-5-4-9-28(3)11-14/h6-8,10,14,30H,4-5,9,11,25H2,1-3H3,(H2,26,31)/t14-/m1/s1. The smallest absolute Gasteiger partial charge is 0.253 e. The number of hydrogen-bond donors (Lipinski definition) is 3. The molecule has 4 aromatic rings. The first-order chi connectivity index (χ1) is 15.8. The maximum Gasteiger partial charge on any atom is 0.253 e. The van der Waals surface area contributed by atoms with Gasteiger partial charge in [0.1, 0.15) is 17.7 Å². The van der Waals surface area contributed by atoms with Crippen molar-refractivity contribution in [2.45, 2.75) is 32.8 Å². The molecule has 1 amide bonds. The molecule has 172 valence electrons. The maximum atomic E-state index is 12.5. The van der Waals surface area contributed by atoms with Crippen molar-refractivity contribution in [2.24, 2.45) is 5.73 Å². The van der Waals surface area contributed by atoms with Crippen molar-refractivity contribution in [1.82, 2.24) is 14.5 Å². The van der Waals surface area contributed by atoms with Gasteiger partial charge in [0.2, 0.25) is 5.88 Å². The number of primary amides is 1. The van der Waals surface area contributed by atoms with Crippen molar-refractivity contribution in [3.8, 4) is 17.3 Å². The summed E-state index contributed by atoms with van der Waals surface area (Å²) < 4.78 is 13.8. The van der Waals surface area contributed by atoms with Crippen LogP contribution in [0.25, 0.3) is 27.7 Å². The first-order valence-electron chi connectivity index (χ1n) is 10.9. The number of likely N-dealkylation sites (tertiary alicyclic amines) is 1. The zero-order valence-corrected chi connectivity index (χ0v) is 18.9. The van der Waals surface area contributed by atoms with Crippen molar-refractivity contribution < 1.29 is 19.1 Å². The van der Waals surface area contributed by atoms with E-state index >= 15 is 0 Å². The van der Waals surface area contributed by atoms with Gasteiger partial charge in [0.25, 0.3) is 5.91 Å². The highest BCUT2D eigenvalue weighted by Gasteiger charge is 2.29. The lowest BCUT2D eigenvalue weighted by molar-refractivity contribution is 0.100. The van der Waals surface area contributed by atoms with Gasteiger partial charge in [0.05, 0.1) is 28.3 Å². The molecule has 5 N–H and O–H groups in total. The number of pyridine rings is 1. The first kappa shape index (κ1) is 21.1. The van der Waals surface area contributed by atoms with Crippen molar-refractivity contribution in [3.63, 3.8) is 0 Å². The summed E-state index contributed by atoms with van der Waals surface area (Å²) in [6, 6.07) is 5.18. The Hall–Kier alpha value is -3.72. The topological polar surface area (TPSA) is 133 Å². The second-order valence-corrected chi connectivity index (χ2v) is 8.76. The Morgan fingerprint density at radius 1 is 1.30 bits per heavy atom. The Labute approximate surface area is 190 Å². The number of aromatic hydroxyl groups is 1. The number of carbonyl (C=O) groups is 1. The van der Waals surface area contributed by atoms with Crippen LogP contribution in [0.5, 0.6) is 11.6 Å². The number of benzene rings is 1. The molecule has 1 aromatic carbocycles. The second-order valence-electron chi connectivity index (χ2n) is 8.76. The predicted octanol–water partition coefficient (Wildman–Crippen LogP) is 3.25. The van der Waals surface area contributed by atoms with Crippen LogP contribution in [0, 0.1) is 13.8 Å². The number of ether oxygens (including phenoxy) is 1. The van der Waals surface area contributed by atoms with Crippen LogP contribution in [0.4, 0.5) is 5.82 Å². The summed E-state index contributed by atoms with van der Waals surface area (Å²) in [7, 11) is 2.07. The number of nitrogens with two attached hydrogens (primary N) is 2. The zero-order valence-electron chi connectivity index (χ0n) is 18.9. The third-order valence-corrected chi connectivity index (χ3v) is 6.45. The summed E-state index contributed by atoms with van der Waals surface area (Å²) in [4.78, 5) is 19.6. The number of phenolic OH excluding ortho intramolecular Hbond substituents is 1. The fourth-order valence-electron chi connectivity index (χ4n) is 4.83. The summed E-state index contributed by atoms with van der Waals surface area (Å²) >= 11 is 0. The number of fused-ring (bicyclic) bond motifs is 3. The molecule has 0 aliphatic carbocycles. The predicted molar refractivity (Wildman–Crippen MR) is 126 cm³/mol. The lowest BCUT2D eigenvalue weighted by Gasteiger charge is -2.29. The molecule has 1 aliphatic rings. The van der Waals surface area contributed by atoms with Crippen LogP contribution in [0.1, 0.15) is 34.3 Å². The van der Waals surface area contributed by atoms with Crippen LogP contribution in [-0.2, 0) is 0 Å². The molecule has 1 saturated heterocycles. The minimum absolute atomic E-state index is 0.0209.